The fourth-order valence-corrected chi connectivity index (χ4v) is 3.44. The van der Waals surface area contributed by atoms with E-state index in [1.165, 1.54) is 12.8 Å². The largest absolute Gasteiger partial charge is 0.385 e. The second-order valence-electron chi connectivity index (χ2n) is 5.37. The van der Waals surface area contributed by atoms with Gasteiger partial charge in [-0.15, -0.1) is 0 Å². The van der Waals surface area contributed by atoms with Gasteiger partial charge in [0.2, 0.25) is 0 Å². The van der Waals surface area contributed by atoms with Crippen LogP contribution in [0.4, 0.5) is 0 Å². The van der Waals surface area contributed by atoms with Gasteiger partial charge in [-0.1, -0.05) is 36.9 Å². The topological polar surface area (TPSA) is 32.3 Å². The smallest absolute Gasteiger partial charge is 0.0931 e. The number of hydrogen-bond acceptors (Lipinski definition) is 2. The van der Waals surface area contributed by atoms with Gasteiger partial charge < -0.3 is 10.4 Å². The van der Waals surface area contributed by atoms with Gasteiger partial charge in [0.25, 0.3) is 0 Å². The Balaban J connectivity index is 1.99. The first-order valence-electron chi connectivity index (χ1n) is 6.42. The Morgan fingerprint density at radius 3 is 2.53 bits per heavy atom. The molecule has 2 aliphatic rings. The van der Waals surface area contributed by atoms with Gasteiger partial charge in [0.1, 0.15) is 0 Å². The first-order chi connectivity index (χ1) is 8.21. The zero-order valence-electron chi connectivity index (χ0n) is 10.0. The predicted octanol–water partition coefficient (Wildman–Crippen LogP) is 2.43. The second-order valence-corrected chi connectivity index (χ2v) is 5.37. The van der Waals surface area contributed by atoms with E-state index >= 15 is 0 Å². The molecule has 2 heteroatoms. The molecule has 2 atom stereocenters. The molecule has 0 radical (unpaired) electrons. The third kappa shape index (κ3) is 1.81. The fraction of sp³-hybridized carbons (Fsp3) is 0.467. The molecule has 0 amide bonds. The first-order valence-corrected chi connectivity index (χ1v) is 6.42. The van der Waals surface area contributed by atoms with Crippen LogP contribution in [0.15, 0.2) is 30.8 Å². The van der Waals surface area contributed by atoms with Crippen LogP contribution in [0.5, 0.6) is 0 Å². The van der Waals surface area contributed by atoms with Crippen molar-refractivity contribution in [3.05, 3.63) is 42.0 Å². The summed E-state index contributed by atoms with van der Waals surface area (Å²) in [5.74, 6) is 0. The third-order valence-electron chi connectivity index (χ3n) is 4.19. The molecule has 1 aromatic rings. The van der Waals surface area contributed by atoms with E-state index in [-0.39, 0.29) is 0 Å². The van der Waals surface area contributed by atoms with Crippen molar-refractivity contribution in [2.45, 2.75) is 43.4 Å². The van der Waals surface area contributed by atoms with Crippen molar-refractivity contribution < 1.29 is 5.11 Å². The minimum Gasteiger partial charge on any atom is -0.385 e. The molecule has 2 heterocycles. The van der Waals surface area contributed by atoms with Crippen molar-refractivity contribution in [2.24, 2.45) is 0 Å². The average Bonchev–Trinajstić information content (AvgIpc) is 2.69. The number of piperidine rings is 1. The minimum absolute atomic E-state index is 0.483. The maximum atomic E-state index is 10.9. The van der Waals surface area contributed by atoms with Crippen molar-refractivity contribution in [3.63, 3.8) is 0 Å². The Kier molecular flexibility index (Phi) is 2.57. The summed E-state index contributed by atoms with van der Waals surface area (Å²) < 4.78 is 0. The van der Waals surface area contributed by atoms with Gasteiger partial charge in [-0.05, 0) is 36.8 Å². The summed E-state index contributed by atoms with van der Waals surface area (Å²) in [5.41, 5.74) is 1.45. The molecule has 90 valence electrons. The number of fused-ring (bicyclic) bond motifs is 2. The van der Waals surface area contributed by atoms with Crippen LogP contribution in [0.25, 0.3) is 6.08 Å². The number of nitrogens with one attached hydrogen (secondary N) is 1. The van der Waals surface area contributed by atoms with Crippen LogP contribution < -0.4 is 5.32 Å². The zero-order valence-corrected chi connectivity index (χ0v) is 10.0. The number of rotatable bonds is 2. The van der Waals surface area contributed by atoms with Gasteiger partial charge in [0, 0.05) is 12.1 Å². The molecule has 0 aliphatic carbocycles. The van der Waals surface area contributed by atoms with E-state index in [1.54, 1.807) is 0 Å². The highest BCUT2D eigenvalue weighted by Gasteiger charge is 2.43. The standard InChI is InChI=1S/C15H19NO/c1-2-11-5-3-4-6-14(11)15(17)9-12-7-8-13(10-15)16-12/h2-6,12-13,16-17H,1,7-10H2. The summed E-state index contributed by atoms with van der Waals surface area (Å²) in [7, 11) is 0. The highest BCUT2D eigenvalue weighted by atomic mass is 16.3. The summed E-state index contributed by atoms with van der Waals surface area (Å²) in [6.45, 7) is 3.84. The molecular formula is C15H19NO. The predicted molar refractivity (Wildman–Crippen MR) is 69.6 cm³/mol. The summed E-state index contributed by atoms with van der Waals surface area (Å²) in [4.78, 5) is 0. The third-order valence-corrected chi connectivity index (χ3v) is 4.19. The molecule has 3 rings (SSSR count). The first kappa shape index (κ1) is 11.0. The lowest BCUT2D eigenvalue weighted by atomic mass is 9.79. The second kappa shape index (κ2) is 3.97. The molecular weight excluding hydrogens is 210 g/mol. The van der Waals surface area contributed by atoms with Crippen LogP contribution in [0.1, 0.15) is 36.8 Å². The van der Waals surface area contributed by atoms with Crippen LogP contribution in [-0.2, 0) is 5.60 Å². The van der Waals surface area contributed by atoms with Gasteiger partial charge in [-0.2, -0.15) is 0 Å². The normalized spacial score (nSPS) is 35.8. The molecule has 2 nitrogen and oxygen atoms in total. The molecule has 2 unspecified atom stereocenters. The van der Waals surface area contributed by atoms with E-state index in [2.05, 4.69) is 11.9 Å². The molecule has 2 fully saturated rings. The Morgan fingerprint density at radius 1 is 1.24 bits per heavy atom. The summed E-state index contributed by atoms with van der Waals surface area (Å²) >= 11 is 0. The van der Waals surface area contributed by atoms with Gasteiger partial charge >= 0.3 is 0 Å². The molecule has 2 saturated heterocycles. The van der Waals surface area contributed by atoms with Gasteiger partial charge in [0.15, 0.2) is 0 Å². The van der Waals surface area contributed by atoms with Crippen molar-refractivity contribution in [2.75, 3.05) is 0 Å². The molecule has 2 aliphatic heterocycles. The monoisotopic (exact) mass is 229 g/mol. The summed E-state index contributed by atoms with van der Waals surface area (Å²) in [6, 6.07) is 9.05. The number of benzene rings is 1. The van der Waals surface area contributed by atoms with E-state index in [4.69, 9.17) is 0 Å². The number of hydrogen-bond donors (Lipinski definition) is 2. The van der Waals surface area contributed by atoms with E-state index in [1.807, 2.05) is 30.3 Å². The van der Waals surface area contributed by atoms with Crippen molar-refractivity contribution in [3.8, 4) is 0 Å². The van der Waals surface area contributed by atoms with Gasteiger partial charge in [0.05, 0.1) is 5.60 Å². The zero-order chi connectivity index (χ0) is 11.9. The minimum atomic E-state index is -0.665. The molecule has 0 spiro atoms. The molecule has 1 aromatic carbocycles. The van der Waals surface area contributed by atoms with Crippen LogP contribution in [0, 0.1) is 0 Å². The highest BCUT2D eigenvalue weighted by molar-refractivity contribution is 5.54. The maximum Gasteiger partial charge on any atom is 0.0931 e. The Bertz CT molecular complexity index is 428. The van der Waals surface area contributed by atoms with Crippen molar-refractivity contribution >= 4 is 6.08 Å². The lowest BCUT2D eigenvalue weighted by Crippen LogP contribution is -2.46. The molecule has 0 aromatic heterocycles. The Morgan fingerprint density at radius 2 is 1.88 bits per heavy atom. The molecule has 2 bridgehead atoms. The highest BCUT2D eigenvalue weighted by Crippen LogP contribution is 2.41. The Labute approximate surface area is 102 Å². The van der Waals surface area contributed by atoms with Gasteiger partial charge in [-0.25, -0.2) is 0 Å². The van der Waals surface area contributed by atoms with Crippen LogP contribution in [0.2, 0.25) is 0 Å². The summed E-state index contributed by atoms with van der Waals surface area (Å²) in [5, 5.41) is 14.5. The fourth-order valence-electron chi connectivity index (χ4n) is 3.44. The maximum absolute atomic E-state index is 10.9. The van der Waals surface area contributed by atoms with Gasteiger partial charge in [-0.3, -0.25) is 0 Å². The molecule has 2 N–H and O–H groups in total. The molecule has 17 heavy (non-hydrogen) atoms. The van der Waals surface area contributed by atoms with E-state index in [0.29, 0.717) is 12.1 Å². The quantitative estimate of drug-likeness (QED) is 0.816. The molecule has 0 saturated carbocycles. The SMILES string of the molecule is C=Cc1ccccc1C1(O)CC2CCC(C1)N2. The lowest BCUT2D eigenvalue weighted by Gasteiger charge is -2.38. The van der Waals surface area contributed by atoms with Crippen LogP contribution in [0.3, 0.4) is 0 Å². The van der Waals surface area contributed by atoms with Crippen LogP contribution >= 0.6 is 0 Å². The van der Waals surface area contributed by atoms with E-state index in [0.717, 1.165) is 24.0 Å². The van der Waals surface area contributed by atoms with E-state index < -0.39 is 5.60 Å². The average molecular weight is 229 g/mol. The Hall–Kier alpha value is -1.12. The van der Waals surface area contributed by atoms with Crippen molar-refractivity contribution in [1.29, 1.82) is 0 Å². The van der Waals surface area contributed by atoms with Crippen LogP contribution in [-0.4, -0.2) is 17.2 Å². The van der Waals surface area contributed by atoms with Crippen molar-refractivity contribution in [1.82, 2.24) is 5.32 Å². The summed E-state index contributed by atoms with van der Waals surface area (Å²) in [6.07, 6.45) is 5.90. The lowest BCUT2D eigenvalue weighted by molar-refractivity contribution is -0.0116. The number of aliphatic hydroxyl groups is 1. The van der Waals surface area contributed by atoms with E-state index in [9.17, 15) is 5.11 Å².